The Morgan fingerprint density at radius 3 is 2.55 bits per heavy atom. The molecule has 0 saturated heterocycles. The summed E-state index contributed by atoms with van der Waals surface area (Å²) < 4.78 is 5.57. The number of carbonyl (C=O) groups is 2. The molecular weight excluding hydrogens is 392 g/mol. The van der Waals surface area contributed by atoms with Gasteiger partial charge in [0.05, 0.1) is 12.3 Å². The van der Waals surface area contributed by atoms with E-state index in [1.54, 1.807) is 7.05 Å². The molecule has 4 rings (SSSR count). The SMILES string of the molecule is CNC(=O)[C@H]1C[C@H](NC(=O)Cc2ccccc2C)[C@H](c2nc(-c3ccccc3)no2)C1. The molecule has 7 heteroatoms. The zero-order valence-electron chi connectivity index (χ0n) is 17.7. The van der Waals surface area contributed by atoms with Gasteiger partial charge in [0.2, 0.25) is 23.5 Å². The maximum absolute atomic E-state index is 12.8. The lowest BCUT2D eigenvalue weighted by molar-refractivity contribution is -0.125. The van der Waals surface area contributed by atoms with Crippen molar-refractivity contribution in [1.82, 2.24) is 20.8 Å². The number of rotatable bonds is 6. The lowest BCUT2D eigenvalue weighted by Crippen LogP contribution is -2.38. The molecule has 0 spiro atoms. The van der Waals surface area contributed by atoms with E-state index in [1.807, 2.05) is 61.5 Å². The predicted octanol–water partition coefficient (Wildman–Crippen LogP) is 3.01. The number of amides is 2. The number of nitrogens with one attached hydrogen (secondary N) is 2. The fourth-order valence-corrected chi connectivity index (χ4v) is 4.22. The van der Waals surface area contributed by atoms with Gasteiger partial charge in [-0.25, -0.2) is 0 Å². The molecule has 0 unspecified atom stereocenters. The maximum Gasteiger partial charge on any atom is 0.232 e. The molecule has 1 aliphatic rings. The number of carbonyl (C=O) groups excluding carboxylic acids is 2. The summed E-state index contributed by atoms with van der Waals surface area (Å²) in [5.74, 6) is 0.405. The first-order valence-corrected chi connectivity index (χ1v) is 10.5. The number of aromatic nitrogens is 2. The molecule has 1 fully saturated rings. The highest BCUT2D eigenvalue weighted by Crippen LogP contribution is 2.38. The van der Waals surface area contributed by atoms with E-state index < -0.39 is 0 Å². The lowest BCUT2D eigenvalue weighted by atomic mass is 10.0. The highest BCUT2D eigenvalue weighted by Gasteiger charge is 2.42. The van der Waals surface area contributed by atoms with Gasteiger partial charge in [0.1, 0.15) is 0 Å². The Labute approximate surface area is 181 Å². The molecule has 1 saturated carbocycles. The van der Waals surface area contributed by atoms with E-state index in [9.17, 15) is 9.59 Å². The molecule has 0 radical (unpaired) electrons. The lowest BCUT2D eigenvalue weighted by Gasteiger charge is -2.18. The first-order valence-electron chi connectivity index (χ1n) is 10.5. The Kier molecular flexibility index (Phi) is 6.11. The van der Waals surface area contributed by atoms with Crippen molar-refractivity contribution >= 4 is 11.8 Å². The standard InChI is InChI=1S/C24H26N4O3/c1-15-8-6-7-11-17(15)14-21(29)26-20-13-18(23(30)25-2)12-19(20)24-27-22(28-31-24)16-9-4-3-5-10-16/h3-11,18-20H,12-14H2,1-2H3,(H,25,30)(H,26,29)/t18-,19-,20+/m1/s1. The van der Waals surface area contributed by atoms with Crippen LogP contribution < -0.4 is 10.6 Å². The van der Waals surface area contributed by atoms with E-state index in [1.165, 1.54) is 0 Å². The third-order valence-electron chi connectivity index (χ3n) is 5.93. The van der Waals surface area contributed by atoms with Crippen LogP contribution in [0.3, 0.4) is 0 Å². The third kappa shape index (κ3) is 4.66. The number of aryl methyl sites for hydroxylation is 1. The maximum atomic E-state index is 12.8. The Bertz CT molecular complexity index is 1060. The van der Waals surface area contributed by atoms with Crippen LogP contribution in [0.1, 0.15) is 35.8 Å². The van der Waals surface area contributed by atoms with Gasteiger partial charge in [-0.3, -0.25) is 9.59 Å². The molecule has 7 nitrogen and oxygen atoms in total. The van der Waals surface area contributed by atoms with Gasteiger partial charge in [0, 0.05) is 24.6 Å². The van der Waals surface area contributed by atoms with Crippen LogP contribution in [0.2, 0.25) is 0 Å². The molecule has 1 aliphatic carbocycles. The summed E-state index contributed by atoms with van der Waals surface area (Å²) in [6, 6.07) is 17.2. The van der Waals surface area contributed by atoms with Gasteiger partial charge in [0.25, 0.3) is 0 Å². The van der Waals surface area contributed by atoms with Crippen molar-refractivity contribution in [1.29, 1.82) is 0 Å². The second-order valence-electron chi connectivity index (χ2n) is 7.99. The minimum atomic E-state index is -0.247. The molecule has 160 valence electrons. The van der Waals surface area contributed by atoms with Gasteiger partial charge in [-0.1, -0.05) is 59.8 Å². The first kappa shape index (κ1) is 20.8. The molecule has 2 N–H and O–H groups in total. The van der Waals surface area contributed by atoms with E-state index in [2.05, 4.69) is 20.8 Å². The van der Waals surface area contributed by atoms with Gasteiger partial charge in [-0.2, -0.15) is 4.98 Å². The molecule has 2 aromatic carbocycles. The third-order valence-corrected chi connectivity index (χ3v) is 5.93. The normalized spacial score (nSPS) is 20.4. The van der Waals surface area contributed by atoms with Crippen LogP contribution in [-0.2, 0) is 16.0 Å². The monoisotopic (exact) mass is 418 g/mol. The molecule has 2 amide bonds. The fourth-order valence-electron chi connectivity index (χ4n) is 4.22. The van der Waals surface area contributed by atoms with Crippen molar-refractivity contribution in [3.05, 3.63) is 71.6 Å². The molecule has 0 aliphatic heterocycles. The summed E-state index contributed by atoms with van der Waals surface area (Å²) in [7, 11) is 1.63. The van der Waals surface area contributed by atoms with E-state index in [-0.39, 0.29) is 29.7 Å². The van der Waals surface area contributed by atoms with Crippen LogP contribution in [0.15, 0.2) is 59.1 Å². The average Bonchev–Trinajstić information content (AvgIpc) is 3.43. The largest absolute Gasteiger partial charge is 0.359 e. The van der Waals surface area contributed by atoms with Crippen LogP contribution >= 0.6 is 0 Å². The van der Waals surface area contributed by atoms with Crippen LogP contribution in [-0.4, -0.2) is 35.0 Å². The van der Waals surface area contributed by atoms with Crippen LogP contribution in [0, 0.1) is 12.8 Å². The molecule has 1 aromatic heterocycles. The highest BCUT2D eigenvalue weighted by molar-refractivity contribution is 5.81. The summed E-state index contributed by atoms with van der Waals surface area (Å²) in [6.45, 7) is 1.99. The minimum Gasteiger partial charge on any atom is -0.359 e. The fraction of sp³-hybridized carbons (Fsp3) is 0.333. The molecule has 1 heterocycles. The number of benzene rings is 2. The van der Waals surface area contributed by atoms with Crippen LogP contribution in [0.4, 0.5) is 0 Å². The van der Waals surface area contributed by atoms with E-state index in [0.717, 1.165) is 16.7 Å². The second kappa shape index (κ2) is 9.12. The Balaban J connectivity index is 1.53. The summed E-state index contributed by atoms with van der Waals surface area (Å²) >= 11 is 0. The Morgan fingerprint density at radius 1 is 1.06 bits per heavy atom. The quantitative estimate of drug-likeness (QED) is 0.641. The number of hydrogen-bond acceptors (Lipinski definition) is 5. The van der Waals surface area contributed by atoms with Crippen molar-refractivity contribution in [3.8, 4) is 11.4 Å². The molecule has 3 aromatic rings. The van der Waals surface area contributed by atoms with Gasteiger partial charge in [0.15, 0.2) is 0 Å². The molecule has 0 bridgehead atoms. The van der Waals surface area contributed by atoms with E-state index in [4.69, 9.17) is 4.52 Å². The van der Waals surface area contributed by atoms with Crippen molar-refractivity contribution < 1.29 is 14.1 Å². The molecular formula is C24H26N4O3. The van der Waals surface area contributed by atoms with E-state index in [0.29, 0.717) is 31.0 Å². The van der Waals surface area contributed by atoms with Crippen molar-refractivity contribution in [2.45, 2.75) is 38.1 Å². The molecule has 31 heavy (non-hydrogen) atoms. The van der Waals surface area contributed by atoms with Crippen molar-refractivity contribution in [3.63, 3.8) is 0 Å². The summed E-state index contributed by atoms with van der Waals surface area (Å²) in [4.78, 5) is 29.7. The van der Waals surface area contributed by atoms with Crippen molar-refractivity contribution in [2.75, 3.05) is 7.05 Å². The van der Waals surface area contributed by atoms with Crippen LogP contribution in [0.5, 0.6) is 0 Å². The Morgan fingerprint density at radius 2 is 1.81 bits per heavy atom. The van der Waals surface area contributed by atoms with Crippen molar-refractivity contribution in [2.24, 2.45) is 5.92 Å². The minimum absolute atomic E-state index is 0.0385. The Hall–Kier alpha value is -3.48. The number of hydrogen-bond donors (Lipinski definition) is 2. The smallest absolute Gasteiger partial charge is 0.232 e. The number of nitrogens with zero attached hydrogens (tertiary/aromatic N) is 2. The van der Waals surface area contributed by atoms with Gasteiger partial charge in [-0.15, -0.1) is 0 Å². The summed E-state index contributed by atoms with van der Waals surface area (Å²) in [5.41, 5.74) is 2.92. The van der Waals surface area contributed by atoms with E-state index >= 15 is 0 Å². The topological polar surface area (TPSA) is 97.1 Å². The van der Waals surface area contributed by atoms with Gasteiger partial charge >= 0.3 is 0 Å². The summed E-state index contributed by atoms with van der Waals surface area (Å²) in [6.07, 6.45) is 1.37. The average molecular weight is 418 g/mol. The second-order valence-corrected chi connectivity index (χ2v) is 7.99. The van der Waals surface area contributed by atoms with Gasteiger partial charge < -0.3 is 15.2 Å². The molecule has 3 atom stereocenters. The zero-order valence-corrected chi connectivity index (χ0v) is 17.7. The summed E-state index contributed by atoms with van der Waals surface area (Å²) in [5, 5.41) is 9.94. The first-order chi connectivity index (χ1) is 15.0. The van der Waals surface area contributed by atoms with Gasteiger partial charge in [-0.05, 0) is 30.9 Å². The highest BCUT2D eigenvalue weighted by atomic mass is 16.5. The predicted molar refractivity (Wildman–Crippen MR) is 116 cm³/mol. The zero-order chi connectivity index (χ0) is 21.8. The van der Waals surface area contributed by atoms with Crippen LogP contribution in [0.25, 0.3) is 11.4 Å².